The molecule has 0 bridgehead atoms. The second-order valence-electron chi connectivity index (χ2n) is 8.39. The first-order valence-electron chi connectivity index (χ1n) is 10.7. The number of nitrogens with zero attached hydrogens (tertiary/aromatic N) is 4. The second-order valence-corrected chi connectivity index (χ2v) is 8.39. The summed E-state index contributed by atoms with van der Waals surface area (Å²) in [5.74, 6) is 0.390. The fraction of sp³-hybridized carbons (Fsp3) is 0.208. The molecule has 1 aliphatic rings. The standard InChI is InChI=1S/C24H24N8O/c25-9-6-19(26)15-4-5-17-20(11-15)30-22(27)18-13-32(31-21(17)18)14-24(7-8-24)23(33)29-12-16-3-1-2-10-28-16/h1-6,9-11,13,25H,7-8,12,14,26H2,(H2,27,30)(H,29,33)/b19-6-,25-9?. The average molecular weight is 441 g/mol. The van der Waals surface area contributed by atoms with Gasteiger partial charge in [-0.05, 0) is 48.7 Å². The molecule has 33 heavy (non-hydrogen) atoms. The summed E-state index contributed by atoms with van der Waals surface area (Å²) in [4.78, 5) is 21.7. The number of hydrogen-bond acceptors (Lipinski definition) is 7. The van der Waals surface area contributed by atoms with E-state index in [1.807, 2.05) is 42.6 Å². The smallest absolute Gasteiger partial charge is 0.228 e. The van der Waals surface area contributed by atoms with Crippen LogP contribution in [0, 0.1) is 10.8 Å². The minimum absolute atomic E-state index is 0.0155. The van der Waals surface area contributed by atoms with E-state index in [4.69, 9.17) is 22.0 Å². The summed E-state index contributed by atoms with van der Waals surface area (Å²) in [6, 6.07) is 11.3. The Bertz CT molecular complexity index is 1400. The highest BCUT2D eigenvalue weighted by atomic mass is 16.2. The van der Waals surface area contributed by atoms with E-state index in [0.29, 0.717) is 30.1 Å². The molecule has 9 heteroatoms. The molecule has 4 aromatic rings. The third-order valence-electron chi connectivity index (χ3n) is 6.08. The van der Waals surface area contributed by atoms with E-state index in [1.54, 1.807) is 10.9 Å². The maximum Gasteiger partial charge on any atom is 0.228 e. The monoisotopic (exact) mass is 440 g/mol. The number of nitrogens with two attached hydrogens (primary N) is 2. The molecule has 0 unspecified atom stereocenters. The first kappa shape index (κ1) is 20.6. The van der Waals surface area contributed by atoms with Gasteiger partial charge in [0.15, 0.2) is 0 Å². The molecule has 166 valence electrons. The number of carbonyl (C=O) groups excluding carboxylic acids is 1. The summed E-state index contributed by atoms with van der Waals surface area (Å²) in [5, 5.41) is 16.6. The van der Waals surface area contributed by atoms with E-state index in [9.17, 15) is 4.79 Å². The molecule has 0 atom stereocenters. The molecular formula is C24H24N8O. The van der Waals surface area contributed by atoms with Crippen molar-refractivity contribution in [3.8, 4) is 0 Å². The molecule has 9 nitrogen and oxygen atoms in total. The Morgan fingerprint density at radius 3 is 2.82 bits per heavy atom. The number of pyridine rings is 2. The van der Waals surface area contributed by atoms with Crippen molar-refractivity contribution in [2.45, 2.75) is 25.9 Å². The molecule has 0 saturated heterocycles. The predicted molar refractivity (Wildman–Crippen MR) is 128 cm³/mol. The highest BCUT2D eigenvalue weighted by molar-refractivity contribution is 6.08. The van der Waals surface area contributed by atoms with E-state index >= 15 is 0 Å². The minimum atomic E-state index is -0.464. The molecule has 1 aliphatic carbocycles. The lowest BCUT2D eigenvalue weighted by atomic mass is 10.1. The summed E-state index contributed by atoms with van der Waals surface area (Å²) in [6.07, 6.45) is 7.87. The van der Waals surface area contributed by atoms with Gasteiger partial charge in [0.1, 0.15) is 11.3 Å². The Labute approximate surface area is 190 Å². The molecule has 5 rings (SSSR count). The first-order chi connectivity index (χ1) is 16.0. The number of fused-ring (bicyclic) bond motifs is 3. The summed E-state index contributed by atoms with van der Waals surface area (Å²) in [6.45, 7) is 0.881. The van der Waals surface area contributed by atoms with Crippen LogP contribution in [0.3, 0.4) is 0 Å². The Morgan fingerprint density at radius 1 is 1.24 bits per heavy atom. The second kappa shape index (κ2) is 8.01. The number of aromatic nitrogens is 4. The lowest BCUT2D eigenvalue weighted by Gasteiger charge is -2.15. The number of hydrogen-bond donors (Lipinski definition) is 4. The molecule has 1 fully saturated rings. The van der Waals surface area contributed by atoms with Crippen LogP contribution in [-0.4, -0.2) is 31.9 Å². The highest BCUT2D eigenvalue weighted by Gasteiger charge is 2.50. The number of anilines is 1. The van der Waals surface area contributed by atoms with E-state index in [0.717, 1.165) is 46.6 Å². The van der Waals surface area contributed by atoms with Crippen LogP contribution in [0.1, 0.15) is 24.1 Å². The molecule has 3 aromatic heterocycles. The van der Waals surface area contributed by atoms with Gasteiger partial charge in [-0.2, -0.15) is 5.10 Å². The summed E-state index contributed by atoms with van der Waals surface area (Å²) >= 11 is 0. The maximum absolute atomic E-state index is 12.9. The van der Waals surface area contributed by atoms with Gasteiger partial charge in [-0.1, -0.05) is 12.1 Å². The number of allylic oxidation sites excluding steroid dienone is 1. The molecule has 6 N–H and O–H groups in total. The molecule has 0 spiro atoms. The molecule has 0 aliphatic heterocycles. The van der Waals surface area contributed by atoms with E-state index < -0.39 is 5.41 Å². The van der Waals surface area contributed by atoms with Crippen LogP contribution >= 0.6 is 0 Å². The van der Waals surface area contributed by atoms with Crippen molar-refractivity contribution < 1.29 is 4.79 Å². The zero-order valence-electron chi connectivity index (χ0n) is 18.0. The number of benzene rings is 1. The number of carbonyl (C=O) groups is 1. The predicted octanol–water partition coefficient (Wildman–Crippen LogP) is 2.61. The SMILES string of the molecule is N=C/C=C(\N)c1ccc2c(c1)nc(N)c1cn(CC3(C(=O)NCc4ccccn4)CC3)nc12. The summed E-state index contributed by atoms with van der Waals surface area (Å²) < 4.78 is 1.80. The Balaban J connectivity index is 1.41. The van der Waals surface area contributed by atoms with E-state index in [1.165, 1.54) is 6.08 Å². The van der Waals surface area contributed by atoms with Crippen LogP contribution in [0.15, 0.2) is 54.9 Å². The van der Waals surface area contributed by atoms with Crippen molar-refractivity contribution in [2.75, 3.05) is 5.73 Å². The Hall–Kier alpha value is -4.27. The lowest BCUT2D eigenvalue weighted by molar-refractivity contribution is -0.127. The van der Waals surface area contributed by atoms with Gasteiger partial charge in [0.25, 0.3) is 0 Å². The van der Waals surface area contributed by atoms with E-state index in [-0.39, 0.29) is 5.91 Å². The van der Waals surface area contributed by atoms with Gasteiger partial charge in [-0.3, -0.25) is 14.5 Å². The number of amides is 1. The highest BCUT2D eigenvalue weighted by Crippen LogP contribution is 2.47. The average Bonchev–Trinajstić information content (AvgIpc) is 3.48. The summed E-state index contributed by atoms with van der Waals surface area (Å²) in [5.41, 5.74) is 15.3. The minimum Gasteiger partial charge on any atom is -0.398 e. The van der Waals surface area contributed by atoms with Crippen molar-refractivity contribution in [3.63, 3.8) is 0 Å². The van der Waals surface area contributed by atoms with Gasteiger partial charge in [0.05, 0.1) is 35.1 Å². The quantitative estimate of drug-likeness (QED) is 0.325. The first-order valence-corrected chi connectivity index (χ1v) is 10.7. The normalized spacial score (nSPS) is 15.0. The van der Waals surface area contributed by atoms with Gasteiger partial charge in [-0.25, -0.2) is 4.98 Å². The van der Waals surface area contributed by atoms with Crippen molar-refractivity contribution in [2.24, 2.45) is 11.1 Å². The van der Waals surface area contributed by atoms with Gasteiger partial charge in [0, 0.05) is 29.7 Å². The summed E-state index contributed by atoms with van der Waals surface area (Å²) in [7, 11) is 0. The lowest BCUT2D eigenvalue weighted by Crippen LogP contribution is -2.34. The van der Waals surface area contributed by atoms with Crippen molar-refractivity contribution in [3.05, 3.63) is 66.1 Å². The Kier molecular flexibility index (Phi) is 5.01. The van der Waals surface area contributed by atoms with Crippen molar-refractivity contribution in [1.82, 2.24) is 25.1 Å². The fourth-order valence-electron chi connectivity index (χ4n) is 4.05. The van der Waals surface area contributed by atoms with Crippen LogP contribution in [-0.2, 0) is 17.9 Å². The van der Waals surface area contributed by atoms with Crippen molar-refractivity contribution in [1.29, 1.82) is 5.41 Å². The fourth-order valence-corrected chi connectivity index (χ4v) is 4.05. The molecule has 3 heterocycles. The maximum atomic E-state index is 12.9. The molecule has 0 radical (unpaired) electrons. The van der Waals surface area contributed by atoms with Crippen LogP contribution in [0.2, 0.25) is 0 Å². The molecule has 1 aromatic carbocycles. The zero-order valence-corrected chi connectivity index (χ0v) is 18.0. The van der Waals surface area contributed by atoms with Crippen LogP contribution in [0.4, 0.5) is 5.82 Å². The van der Waals surface area contributed by atoms with Crippen LogP contribution in [0.5, 0.6) is 0 Å². The van der Waals surface area contributed by atoms with Gasteiger partial charge >= 0.3 is 0 Å². The largest absolute Gasteiger partial charge is 0.398 e. The van der Waals surface area contributed by atoms with Gasteiger partial charge in [0.2, 0.25) is 5.91 Å². The van der Waals surface area contributed by atoms with Gasteiger partial charge < -0.3 is 22.2 Å². The number of nitrogen functional groups attached to an aromatic ring is 1. The Morgan fingerprint density at radius 2 is 2.09 bits per heavy atom. The third kappa shape index (κ3) is 3.89. The molecule has 1 amide bonds. The zero-order chi connectivity index (χ0) is 23.0. The number of rotatable bonds is 7. The molecular weight excluding hydrogens is 416 g/mol. The van der Waals surface area contributed by atoms with E-state index in [2.05, 4.69) is 15.3 Å². The van der Waals surface area contributed by atoms with Crippen LogP contribution < -0.4 is 16.8 Å². The van der Waals surface area contributed by atoms with Gasteiger partial charge in [-0.15, -0.1) is 0 Å². The molecule has 1 saturated carbocycles. The van der Waals surface area contributed by atoms with Crippen LogP contribution in [0.25, 0.3) is 27.5 Å². The number of nitrogens with one attached hydrogen (secondary N) is 2. The topological polar surface area (TPSA) is 149 Å². The third-order valence-corrected chi connectivity index (χ3v) is 6.08. The van der Waals surface area contributed by atoms with Crippen molar-refractivity contribution >= 4 is 45.4 Å².